The molecule has 0 saturated carbocycles. The second-order valence-electron chi connectivity index (χ2n) is 4.37. The lowest BCUT2D eigenvalue weighted by molar-refractivity contribution is 0.384. The molecule has 1 aromatic heterocycles. The molecule has 0 aliphatic heterocycles. The number of hydrogen-bond acceptors (Lipinski definition) is 4. The van der Waals surface area contributed by atoms with E-state index < -0.39 is 0 Å². The zero-order valence-electron chi connectivity index (χ0n) is 11.1. The van der Waals surface area contributed by atoms with Crippen molar-refractivity contribution in [1.29, 1.82) is 0 Å². The number of benzene rings is 1. The molecule has 2 atom stereocenters. The second kappa shape index (κ2) is 5.79. The SMILES string of the molecule is COc1cc(C(C)NC(C)c2ncn[nH]2)ccc1F. The van der Waals surface area contributed by atoms with Gasteiger partial charge in [0.05, 0.1) is 13.2 Å². The smallest absolute Gasteiger partial charge is 0.165 e. The van der Waals surface area contributed by atoms with Crippen LogP contribution in [-0.4, -0.2) is 22.3 Å². The molecular weight excluding hydrogens is 247 g/mol. The minimum Gasteiger partial charge on any atom is -0.494 e. The van der Waals surface area contributed by atoms with Gasteiger partial charge in [-0.2, -0.15) is 5.10 Å². The molecule has 1 aromatic carbocycles. The van der Waals surface area contributed by atoms with Crippen LogP contribution >= 0.6 is 0 Å². The van der Waals surface area contributed by atoms with E-state index in [1.165, 1.54) is 19.5 Å². The van der Waals surface area contributed by atoms with Gasteiger partial charge in [-0.15, -0.1) is 0 Å². The minimum absolute atomic E-state index is 0.0218. The molecule has 2 N–H and O–H groups in total. The molecule has 2 rings (SSSR count). The van der Waals surface area contributed by atoms with Crippen molar-refractivity contribution >= 4 is 0 Å². The van der Waals surface area contributed by atoms with Gasteiger partial charge in [0.15, 0.2) is 11.6 Å². The third-order valence-electron chi connectivity index (χ3n) is 3.02. The Morgan fingerprint density at radius 2 is 2.11 bits per heavy atom. The normalized spacial score (nSPS) is 14.1. The highest BCUT2D eigenvalue weighted by atomic mass is 19.1. The maximum absolute atomic E-state index is 13.4. The third kappa shape index (κ3) is 3.08. The van der Waals surface area contributed by atoms with Crippen LogP contribution in [-0.2, 0) is 0 Å². The first-order chi connectivity index (χ1) is 9.11. The average Bonchev–Trinajstić information content (AvgIpc) is 2.93. The van der Waals surface area contributed by atoms with E-state index in [-0.39, 0.29) is 23.7 Å². The summed E-state index contributed by atoms with van der Waals surface area (Å²) in [4.78, 5) is 4.10. The number of methoxy groups -OCH3 is 1. The Balaban J connectivity index is 2.09. The molecule has 19 heavy (non-hydrogen) atoms. The van der Waals surface area contributed by atoms with Gasteiger partial charge in [0.1, 0.15) is 12.2 Å². The van der Waals surface area contributed by atoms with Gasteiger partial charge >= 0.3 is 0 Å². The molecule has 0 radical (unpaired) electrons. The van der Waals surface area contributed by atoms with Crippen LogP contribution in [0.2, 0.25) is 0 Å². The number of aromatic amines is 1. The van der Waals surface area contributed by atoms with E-state index in [0.29, 0.717) is 0 Å². The van der Waals surface area contributed by atoms with E-state index in [2.05, 4.69) is 20.5 Å². The fraction of sp³-hybridized carbons (Fsp3) is 0.385. The van der Waals surface area contributed by atoms with Crippen LogP contribution in [0.15, 0.2) is 24.5 Å². The maximum atomic E-state index is 13.4. The lowest BCUT2D eigenvalue weighted by Gasteiger charge is -2.19. The largest absolute Gasteiger partial charge is 0.494 e. The molecule has 0 aliphatic carbocycles. The second-order valence-corrected chi connectivity index (χ2v) is 4.37. The summed E-state index contributed by atoms with van der Waals surface area (Å²) in [6.45, 7) is 3.98. The number of ether oxygens (including phenoxy) is 1. The Hall–Kier alpha value is -1.95. The van der Waals surface area contributed by atoms with Gasteiger partial charge in [0.2, 0.25) is 0 Å². The first kappa shape index (κ1) is 13.5. The van der Waals surface area contributed by atoms with Crippen LogP contribution in [0, 0.1) is 5.82 Å². The molecule has 0 fully saturated rings. The van der Waals surface area contributed by atoms with Gasteiger partial charge in [0.25, 0.3) is 0 Å². The standard InChI is InChI=1S/C13H17FN4O/c1-8(17-9(2)13-15-7-16-18-13)10-4-5-11(14)12(6-10)19-3/h4-9,17H,1-3H3,(H,15,16,18). The number of halogens is 1. The molecule has 5 nitrogen and oxygen atoms in total. The van der Waals surface area contributed by atoms with Crippen LogP contribution in [0.1, 0.15) is 37.3 Å². The highest BCUT2D eigenvalue weighted by Crippen LogP contribution is 2.23. The molecule has 6 heteroatoms. The van der Waals surface area contributed by atoms with E-state index >= 15 is 0 Å². The summed E-state index contributed by atoms with van der Waals surface area (Å²) in [5.74, 6) is 0.654. The third-order valence-corrected chi connectivity index (χ3v) is 3.02. The first-order valence-electron chi connectivity index (χ1n) is 6.06. The molecule has 2 unspecified atom stereocenters. The topological polar surface area (TPSA) is 62.8 Å². The summed E-state index contributed by atoms with van der Waals surface area (Å²) < 4.78 is 18.3. The van der Waals surface area contributed by atoms with E-state index in [1.54, 1.807) is 12.1 Å². The zero-order valence-corrected chi connectivity index (χ0v) is 11.1. The lowest BCUT2D eigenvalue weighted by atomic mass is 10.1. The summed E-state index contributed by atoms with van der Waals surface area (Å²) in [6.07, 6.45) is 1.47. The van der Waals surface area contributed by atoms with Crippen molar-refractivity contribution in [1.82, 2.24) is 20.5 Å². The maximum Gasteiger partial charge on any atom is 0.165 e. The summed E-state index contributed by atoms with van der Waals surface area (Å²) in [7, 11) is 1.46. The molecule has 0 spiro atoms. The molecule has 1 heterocycles. The van der Waals surface area contributed by atoms with Crippen molar-refractivity contribution in [3.05, 3.63) is 41.7 Å². The molecule has 0 bridgehead atoms. The predicted octanol–water partition coefficient (Wildman–Crippen LogP) is 2.36. The van der Waals surface area contributed by atoms with Crippen molar-refractivity contribution in [2.24, 2.45) is 0 Å². The Bertz CT molecular complexity index is 529. The van der Waals surface area contributed by atoms with E-state index in [4.69, 9.17) is 4.74 Å². The molecule has 102 valence electrons. The van der Waals surface area contributed by atoms with Gasteiger partial charge in [-0.05, 0) is 31.5 Å². The summed E-state index contributed by atoms with van der Waals surface area (Å²) >= 11 is 0. The Kier molecular flexibility index (Phi) is 4.11. The van der Waals surface area contributed by atoms with E-state index in [1.807, 2.05) is 13.8 Å². The summed E-state index contributed by atoms with van der Waals surface area (Å²) in [5, 5.41) is 9.99. The van der Waals surface area contributed by atoms with Crippen molar-refractivity contribution in [3.63, 3.8) is 0 Å². The monoisotopic (exact) mass is 264 g/mol. The fourth-order valence-electron chi connectivity index (χ4n) is 1.92. The van der Waals surface area contributed by atoms with Crippen LogP contribution in [0.5, 0.6) is 5.75 Å². The quantitative estimate of drug-likeness (QED) is 0.870. The first-order valence-corrected chi connectivity index (χ1v) is 6.06. The molecule has 2 aromatic rings. The van der Waals surface area contributed by atoms with Gasteiger partial charge in [-0.25, -0.2) is 9.37 Å². The number of nitrogens with one attached hydrogen (secondary N) is 2. The van der Waals surface area contributed by atoms with Gasteiger partial charge in [0, 0.05) is 6.04 Å². The van der Waals surface area contributed by atoms with Crippen LogP contribution in [0.3, 0.4) is 0 Å². The van der Waals surface area contributed by atoms with Crippen molar-refractivity contribution in [2.45, 2.75) is 25.9 Å². The summed E-state index contributed by atoms with van der Waals surface area (Å²) in [5.41, 5.74) is 0.949. The van der Waals surface area contributed by atoms with Gasteiger partial charge < -0.3 is 10.1 Å². The number of H-pyrrole nitrogens is 1. The van der Waals surface area contributed by atoms with E-state index in [9.17, 15) is 4.39 Å². The number of nitrogens with zero attached hydrogens (tertiary/aromatic N) is 2. The van der Waals surface area contributed by atoms with Crippen molar-refractivity contribution in [3.8, 4) is 5.75 Å². The van der Waals surface area contributed by atoms with Gasteiger partial charge in [-0.3, -0.25) is 5.10 Å². The Labute approximate surface area is 111 Å². The molecule has 0 saturated heterocycles. The number of rotatable bonds is 5. The highest BCUT2D eigenvalue weighted by Gasteiger charge is 2.14. The molecule has 0 aliphatic rings. The summed E-state index contributed by atoms with van der Waals surface area (Å²) in [6, 6.07) is 4.90. The van der Waals surface area contributed by atoms with Crippen molar-refractivity contribution < 1.29 is 9.13 Å². The minimum atomic E-state index is -0.360. The fourth-order valence-corrected chi connectivity index (χ4v) is 1.92. The lowest BCUT2D eigenvalue weighted by Crippen LogP contribution is -2.23. The predicted molar refractivity (Wildman–Crippen MR) is 69.3 cm³/mol. The highest BCUT2D eigenvalue weighted by molar-refractivity contribution is 5.32. The van der Waals surface area contributed by atoms with Crippen LogP contribution in [0.4, 0.5) is 4.39 Å². The Morgan fingerprint density at radius 3 is 2.74 bits per heavy atom. The van der Waals surface area contributed by atoms with E-state index in [0.717, 1.165) is 11.4 Å². The Morgan fingerprint density at radius 1 is 1.32 bits per heavy atom. The van der Waals surface area contributed by atoms with Crippen molar-refractivity contribution in [2.75, 3.05) is 7.11 Å². The van der Waals surface area contributed by atoms with Crippen LogP contribution in [0.25, 0.3) is 0 Å². The number of aromatic nitrogens is 3. The average molecular weight is 264 g/mol. The van der Waals surface area contributed by atoms with Crippen LogP contribution < -0.4 is 10.1 Å². The number of hydrogen-bond donors (Lipinski definition) is 2. The molecular formula is C13H17FN4O. The molecule has 0 amide bonds. The van der Waals surface area contributed by atoms with Gasteiger partial charge in [-0.1, -0.05) is 6.07 Å². The zero-order chi connectivity index (χ0) is 13.8.